The van der Waals surface area contributed by atoms with Crippen LogP contribution in [-0.4, -0.2) is 27.1 Å². The molecule has 0 spiro atoms. The number of sulfonamides is 1. The molecule has 5 nitrogen and oxygen atoms in total. The molecule has 1 saturated carbocycles. The second kappa shape index (κ2) is 6.24. The monoisotopic (exact) mass is 376 g/mol. The molecule has 1 atom stereocenters. The molecule has 0 amide bonds. The van der Waals surface area contributed by atoms with Crippen molar-refractivity contribution < 1.29 is 13.2 Å². The smallest absolute Gasteiger partial charge is 0.244 e. The van der Waals surface area contributed by atoms with Gasteiger partial charge < -0.3 is 10.5 Å². The summed E-state index contributed by atoms with van der Waals surface area (Å²) in [5.74, 6) is 0.656. The Hall–Kier alpha value is -0.630. The first-order valence-electron chi connectivity index (χ1n) is 6.99. The third kappa shape index (κ3) is 3.77. The van der Waals surface area contributed by atoms with Crippen molar-refractivity contribution in [3.8, 4) is 5.75 Å². The Morgan fingerprint density at radius 3 is 2.67 bits per heavy atom. The molecule has 0 heterocycles. The lowest BCUT2D eigenvalue weighted by Gasteiger charge is -2.29. The van der Waals surface area contributed by atoms with E-state index in [1.165, 1.54) is 0 Å². The van der Waals surface area contributed by atoms with Gasteiger partial charge in [0.05, 0.1) is 6.61 Å². The Labute approximate surface area is 134 Å². The number of ether oxygens (including phenoxy) is 1. The van der Waals surface area contributed by atoms with Crippen molar-refractivity contribution in [2.24, 2.45) is 11.7 Å². The fourth-order valence-corrected chi connectivity index (χ4v) is 4.50. The standard InChI is InChI=1S/C14H21BrN2O3S/c1-3-20-12-7-6-11(15)8-13(12)21(18,19)17-14(2,9-16)10-4-5-10/h6-8,10,17H,3-5,9,16H2,1-2H3. The lowest BCUT2D eigenvalue weighted by molar-refractivity contribution is 0.329. The van der Waals surface area contributed by atoms with Gasteiger partial charge in [-0.15, -0.1) is 0 Å². The van der Waals surface area contributed by atoms with Gasteiger partial charge in [-0.1, -0.05) is 15.9 Å². The highest BCUT2D eigenvalue weighted by Gasteiger charge is 2.43. The molecule has 0 aromatic heterocycles. The summed E-state index contributed by atoms with van der Waals surface area (Å²) in [6.45, 7) is 4.36. The first-order valence-corrected chi connectivity index (χ1v) is 9.26. The molecule has 1 aliphatic carbocycles. The van der Waals surface area contributed by atoms with E-state index in [-0.39, 0.29) is 11.4 Å². The number of nitrogens with one attached hydrogen (secondary N) is 1. The maximum atomic E-state index is 12.7. The van der Waals surface area contributed by atoms with E-state index in [0.29, 0.717) is 22.7 Å². The van der Waals surface area contributed by atoms with Gasteiger partial charge in [-0.3, -0.25) is 0 Å². The van der Waals surface area contributed by atoms with Crippen LogP contribution in [0.1, 0.15) is 26.7 Å². The fourth-order valence-electron chi connectivity index (χ4n) is 2.34. The third-order valence-electron chi connectivity index (χ3n) is 3.77. The van der Waals surface area contributed by atoms with Crippen molar-refractivity contribution in [3.05, 3.63) is 22.7 Å². The summed E-state index contributed by atoms with van der Waals surface area (Å²) in [6.07, 6.45) is 2.01. The van der Waals surface area contributed by atoms with E-state index in [1.54, 1.807) is 18.2 Å². The van der Waals surface area contributed by atoms with Crippen LogP contribution in [0.15, 0.2) is 27.6 Å². The van der Waals surface area contributed by atoms with Gasteiger partial charge in [0, 0.05) is 16.6 Å². The second-order valence-corrected chi connectivity index (χ2v) is 8.09. The molecular formula is C14H21BrN2O3S. The zero-order chi connectivity index (χ0) is 15.7. The number of nitrogens with two attached hydrogens (primary N) is 1. The van der Waals surface area contributed by atoms with Crippen LogP contribution in [0.3, 0.4) is 0 Å². The van der Waals surface area contributed by atoms with Gasteiger partial charge in [0.1, 0.15) is 10.6 Å². The summed E-state index contributed by atoms with van der Waals surface area (Å²) in [6, 6.07) is 4.96. The highest BCUT2D eigenvalue weighted by Crippen LogP contribution is 2.40. The van der Waals surface area contributed by atoms with Gasteiger partial charge in [-0.05, 0) is 50.8 Å². The summed E-state index contributed by atoms with van der Waals surface area (Å²) in [5.41, 5.74) is 5.19. The Balaban J connectivity index is 2.36. The molecule has 0 bridgehead atoms. The molecule has 118 valence electrons. The highest BCUT2D eigenvalue weighted by atomic mass is 79.9. The fraction of sp³-hybridized carbons (Fsp3) is 0.571. The summed E-state index contributed by atoms with van der Waals surface area (Å²) in [7, 11) is -3.70. The van der Waals surface area contributed by atoms with Gasteiger partial charge in [0.25, 0.3) is 0 Å². The second-order valence-electron chi connectivity index (χ2n) is 5.53. The Bertz CT molecular complexity index is 617. The molecule has 7 heteroatoms. The van der Waals surface area contributed by atoms with Crippen LogP contribution in [0, 0.1) is 5.92 Å². The molecule has 0 radical (unpaired) electrons. The van der Waals surface area contributed by atoms with E-state index in [4.69, 9.17) is 10.5 Å². The van der Waals surface area contributed by atoms with Crippen molar-refractivity contribution in [3.63, 3.8) is 0 Å². The van der Waals surface area contributed by atoms with Gasteiger partial charge in [-0.2, -0.15) is 0 Å². The molecule has 0 saturated heterocycles. The lowest BCUT2D eigenvalue weighted by atomic mass is 9.98. The van der Waals surface area contributed by atoms with E-state index < -0.39 is 15.6 Å². The van der Waals surface area contributed by atoms with Crippen molar-refractivity contribution >= 4 is 26.0 Å². The number of hydrogen-bond acceptors (Lipinski definition) is 4. The van der Waals surface area contributed by atoms with E-state index in [1.807, 2.05) is 13.8 Å². The molecule has 1 unspecified atom stereocenters. The number of rotatable bonds is 7. The predicted molar refractivity (Wildman–Crippen MR) is 85.8 cm³/mol. The Morgan fingerprint density at radius 1 is 1.48 bits per heavy atom. The summed E-state index contributed by atoms with van der Waals surface area (Å²) in [4.78, 5) is 0.138. The maximum absolute atomic E-state index is 12.7. The van der Waals surface area contributed by atoms with Crippen molar-refractivity contribution in [1.82, 2.24) is 4.72 Å². The topological polar surface area (TPSA) is 81.4 Å². The first-order chi connectivity index (χ1) is 9.82. The molecule has 0 aliphatic heterocycles. The van der Waals surface area contributed by atoms with Crippen molar-refractivity contribution in [2.75, 3.05) is 13.2 Å². The van der Waals surface area contributed by atoms with Crippen LogP contribution in [0.2, 0.25) is 0 Å². The van der Waals surface area contributed by atoms with Crippen LogP contribution in [-0.2, 0) is 10.0 Å². The van der Waals surface area contributed by atoms with E-state index in [9.17, 15) is 8.42 Å². The molecule has 21 heavy (non-hydrogen) atoms. The highest BCUT2D eigenvalue weighted by molar-refractivity contribution is 9.10. The first kappa shape index (κ1) is 16.7. The maximum Gasteiger partial charge on any atom is 0.244 e. The van der Waals surface area contributed by atoms with Crippen LogP contribution in [0.5, 0.6) is 5.75 Å². The SMILES string of the molecule is CCOc1ccc(Br)cc1S(=O)(=O)NC(C)(CN)C1CC1. The molecular weight excluding hydrogens is 356 g/mol. The van der Waals surface area contributed by atoms with Crippen LogP contribution >= 0.6 is 15.9 Å². The number of benzene rings is 1. The zero-order valence-corrected chi connectivity index (χ0v) is 14.6. The Morgan fingerprint density at radius 2 is 2.14 bits per heavy atom. The van der Waals surface area contributed by atoms with E-state index in [2.05, 4.69) is 20.7 Å². The Kier molecular flexibility index (Phi) is 4.97. The molecule has 1 aromatic rings. The number of halogens is 1. The van der Waals surface area contributed by atoms with E-state index in [0.717, 1.165) is 12.8 Å². The predicted octanol–water partition coefficient (Wildman–Crippen LogP) is 2.25. The summed E-state index contributed by atoms with van der Waals surface area (Å²) in [5, 5.41) is 0. The minimum Gasteiger partial charge on any atom is -0.492 e. The molecule has 1 aliphatic rings. The van der Waals surface area contributed by atoms with Gasteiger partial charge in [0.2, 0.25) is 10.0 Å². The summed E-state index contributed by atoms with van der Waals surface area (Å²) >= 11 is 3.31. The summed E-state index contributed by atoms with van der Waals surface area (Å²) < 4.78 is 34.3. The van der Waals surface area contributed by atoms with Crippen molar-refractivity contribution in [1.29, 1.82) is 0 Å². The average Bonchev–Trinajstić information content (AvgIpc) is 3.25. The molecule has 3 N–H and O–H groups in total. The molecule has 1 fully saturated rings. The van der Waals surface area contributed by atoms with E-state index >= 15 is 0 Å². The average molecular weight is 377 g/mol. The quantitative estimate of drug-likeness (QED) is 0.764. The minimum absolute atomic E-state index is 0.138. The van der Waals surface area contributed by atoms with Gasteiger partial charge in [0.15, 0.2) is 0 Å². The van der Waals surface area contributed by atoms with Crippen molar-refractivity contribution in [2.45, 2.75) is 37.1 Å². The minimum atomic E-state index is -3.70. The number of hydrogen-bond donors (Lipinski definition) is 2. The lowest BCUT2D eigenvalue weighted by Crippen LogP contribution is -2.53. The van der Waals surface area contributed by atoms with Gasteiger partial charge in [-0.25, -0.2) is 13.1 Å². The molecule has 2 rings (SSSR count). The third-order valence-corrected chi connectivity index (χ3v) is 5.89. The zero-order valence-electron chi connectivity index (χ0n) is 12.2. The van der Waals surface area contributed by atoms with Crippen LogP contribution in [0.4, 0.5) is 0 Å². The van der Waals surface area contributed by atoms with Crippen LogP contribution in [0.25, 0.3) is 0 Å². The largest absolute Gasteiger partial charge is 0.492 e. The van der Waals surface area contributed by atoms with Crippen LogP contribution < -0.4 is 15.2 Å². The van der Waals surface area contributed by atoms with Gasteiger partial charge >= 0.3 is 0 Å². The molecule has 1 aromatic carbocycles. The normalized spacial score (nSPS) is 18.3.